The lowest BCUT2D eigenvalue weighted by molar-refractivity contribution is 0.0746. The van der Waals surface area contributed by atoms with Gasteiger partial charge in [0.2, 0.25) is 0 Å². The lowest BCUT2D eigenvalue weighted by Gasteiger charge is -2.12. The summed E-state index contributed by atoms with van der Waals surface area (Å²) in [5.41, 5.74) is 0.651. The molecule has 0 fully saturated rings. The van der Waals surface area contributed by atoms with E-state index in [0.29, 0.717) is 10.7 Å². The number of pyridine rings is 1. The molecule has 19 heavy (non-hydrogen) atoms. The Morgan fingerprint density at radius 2 is 2.16 bits per heavy atom. The van der Waals surface area contributed by atoms with Gasteiger partial charge in [-0.25, -0.2) is 4.98 Å². The Morgan fingerprint density at radius 1 is 1.37 bits per heavy atom. The molecule has 0 unspecified atom stereocenters. The van der Waals surface area contributed by atoms with Gasteiger partial charge in [-0.05, 0) is 26.0 Å². The monoisotopic (exact) mass is 310 g/mol. The molecular formula is C13H11ClN2OS2. The van der Waals surface area contributed by atoms with Gasteiger partial charge in [-0.1, -0.05) is 11.6 Å². The summed E-state index contributed by atoms with van der Waals surface area (Å²) in [6, 6.07) is 3.77. The summed E-state index contributed by atoms with van der Waals surface area (Å²) in [6.45, 7) is 3.46. The zero-order valence-corrected chi connectivity index (χ0v) is 12.7. The standard InChI is InChI=1S/C13H11ClN2OS2/c1-13(2,17)10-6-18-12(16-10)9-5-8-11(19-9)7(14)3-4-15-8/h3-6,17H,1-2H3. The van der Waals surface area contributed by atoms with Crippen LogP contribution in [0, 0.1) is 0 Å². The average Bonchev–Trinajstić information content (AvgIpc) is 2.94. The molecule has 6 heteroatoms. The summed E-state index contributed by atoms with van der Waals surface area (Å²) in [4.78, 5) is 9.81. The summed E-state index contributed by atoms with van der Waals surface area (Å²) in [6.07, 6.45) is 1.70. The Balaban J connectivity index is 2.09. The Bertz CT molecular complexity index is 743. The molecule has 3 rings (SSSR count). The van der Waals surface area contributed by atoms with E-state index in [0.717, 1.165) is 20.1 Å². The molecule has 3 nitrogen and oxygen atoms in total. The molecule has 98 valence electrons. The van der Waals surface area contributed by atoms with Crippen molar-refractivity contribution in [2.75, 3.05) is 0 Å². The molecule has 0 amide bonds. The first-order chi connectivity index (χ1) is 8.95. The third kappa shape index (κ3) is 2.39. The third-order valence-electron chi connectivity index (χ3n) is 2.71. The normalized spacial score (nSPS) is 12.2. The highest BCUT2D eigenvalue weighted by molar-refractivity contribution is 7.25. The first-order valence-electron chi connectivity index (χ1n) is 5.68. The van der Waals surface area contributed by atoms with Crippen LogP contribution >= 0.6 is 34.3 Å². The van der Waals surface area contributed by atoms with E-state index in [1.807, 2.05) is 11.4 Å². The molecule has 3 heterocycles. The molecular weight excluding hydrogens is 300 g/mol. The number of fused-ring (bicyclic) bond motifs is 1. The number of rotatable bonds is 2. The molecule has 0 spiro atoms. The van der Waals surface area contributed by atoms with Gasteiger partial charge in [-0.15, -0.1) is 22.7 Å². The predicted molar refractivity (Wildman–Crippen MR) is 81.0 cm³/mol. The minimum Gasteiger partial charge on any atom is -0.384 e. The Hall–Kier alpha value is -1.01. The zero-order valence-electron chi connectivity index (χ0n) is 10.3. The maximum absolute atomic E-state index is 9.95. The van der Waals surface area contributed by atoms with Crippen LogP contribution in [-0.4, -0.2) is 15.1 Å². The second-order valence-electron chi connectivity index (χ2n) is 4.71. The van der Waals surface area contributed by atoms with Crippen LogP contribution in [-0.2, 0) is 5.60 Å². The molecule has 0 saturated carbocycles. The fourth-order valence-corrected chi connectivity index (χ4v) is 4.01. The van der Waals surface area contributed by atoms with Gasteiger partial charge in [-0.3, -0.25) is 4.98 Å². The van der Waals surface area contributed by atoms with E-state index >= 15 is 0 Å². The Kier molecular flexibility index (Phi) is 3.09. The summed E-state index contributed by atoms with van der Waals surface area (Å²) in [5, 5.41) is 13.4. The second-order valence-corrected chi connectivity index (χ2v) is 7.03. The van der Waals surface area contributed by atoms with Gasteiger partial charge < -0.3 is 5.11 Å². The highest BCUT2D eigenvalue weighted by atomic mass is 35.5. The predicted octanol–water partition coefficient (Wildman–Crippen LogP) is 4.30. The number of hydrogen-bond donors (Lipinski definition) is 1. The van der Waals surface area contributed by atoms with Crippen molar-refractivity contribution in [1.82, 2.24) is 9.97 Å². The second kappa shape index (κ2) is 4.52. The van der Waals surface area contributed by atoms with E-state index in [9.17, 15) is 5.11 Å². The van der Waals surface area contributed by atoms with Crippen molar-refractivity contribution in [3.8, 4) is 9.88 Å². The summed E-state index contributed by atoms with van der Waals surface area (Å²) < 4.78 is 0.971. The fraction of sp³-hybridized carbons (Fsp3) is 0.231. The van der Waals surface area contributed by atoms with Crippen molar-refractivity contribution in [2.45, 2.75) is 19.4 Å². The van der Waals surface area contributed by atoms with Gasteiger partial charge in [0, 0.05) is 11.6 Å². The van der Waals surface area contributed by atoms with Crippen molar-refractivity contribution in [3.05, 3.63) is 34.4 Å². The van der Waals surface area contributed by atoms with Crippen LogP contribution in [0.2, 0.25) is 5.02 Å². The van der Waals surface area contributed by atoms with Gasteiger partial charge in [0.15, 0.2) is 0 Å². The van der Waals surface area contributed by atoms with Crippen molar-refractivity contribution < 1.29 is 5.11 Å². The molecule has 0 atom stereocenters. The van der Waals surface area contributed by atoms with Crippen LogP contribution in [0.1, 0.15) is 19.5 Å². The third-order valence-corrected chi connectivity index (χ3v) is 5.30. The quantitative estimate of drug-likeness (QED) is 0.767. The highest BCUT2D eigenvalue weighted by Gasteiger charge is 2.20. The van der Waals surface area contributed by atoms with Gasteiger partial charge in [0.05, 0.1) is 25.8 Å². The average molecular weight is 311 g/mol. The molecule has 3 aromatic heterocycles. The maximum Gasteiger partial charge on any atom is 0.133 e. The number of aliphatic hydroxyl groups is 1. The number of nitrogens with zero attached hydrogens (tertiary/aromatic N) is 2. The molecule has 0 radical (unpaired) electrons. The van der Waals surface area contributed by atoms with Crippen molar-refractivity contribution in [2.24, 2.45) is 0 Å². The van der Waals surface area contributed by atoms with Crippen LogP contribution in [0.25, 0.3) is 20.1 Å². The molecule has 0 aromatic carbocycles. The van der Waals surface area contributed by atoms with E-state index in [4.69, 9.17) is 11.6 Å². The molecule has 0 aliphatic heterocycles. The van der Waals surface area contributed by atoms with E-state index in [2.05, 4.69) is 9.97 Å². The first-order valence-corrected chi connectivity index (χ1v) is 7.75. The summed E-state index contributed by atoms with van der Waals surface area (Å²) in [7, 11) is 0. The largest absolute Gasteiger partial charge is 0.384 e. The molecule has 0 aliphatic carbocycles. The van der Waals surface area contributed by atoms with E-state index in [-0.39, 0.29) is 0 Å². The number of halogens is 1. The zero-order chi connectivity index (χ0) is 13.6. The van der Waals surface area contributed by atoms with Crippen LogP contribution in [0.15, 0.2) is 23.7 Å². The van der Waals surface area contributed by atoms with E-state index in [1.165, 1.54) is 11.3 Å². The number of aromatic nitrogens is 2. The minimum atomic E-state index is -0.915. The van der Waals surface area contributed by atoms with Crippen LogP contribution in [0.3, 0.4) is 0 Å². The van der Waals surface area contributed by atoms with Crippen molar-refractivity contribution in [1.29, 1.82) is 0 Å². The number of thiazole rings is 1. The molecule has 0 aliphatic rings. The molecule has 0 saturated heterocycles. The highest BCUT2D eigenvalue weighted by Crippen LogP contribution is 2.38. The van der Waals surface area contributed by atoms with Crippen molar-refractivity contribution in [3.63, 3.8) is 0 Å². The van der Waals surface area contributed by atoms with Crippen LogP contribution in [0.5, 0.6) is 0 Å². The Labute approximate surface area is 123 Å². The topological polar surface area (TPSA) is 46.0 Å². The first kappa shape index (κ1) is 13.0. The van der Waals surface area contributed by atoms with Gasteiger partial charge in [-0.2, -0.15) is 0 Å². The summed E-state index contributed by atoms with van der Waals surface area (Å²) >= 11 is 9.24. The maximum atomic E-state index is 9.95. The number of thiophene rings is 1. The minimum absolute atomic E-state index is 0.684. The van der Waals surface area contributed by atoms with E-state index < -0.39 is 5.60 Å². The SMILES string of the molecule is CC(C)(O)c1csc(-c2cc3nccc(Cl)c3s2)n1. The number of hydrogen-bond acceptors (Lipinski definition) is 5. The smallest absolute Gasteiger partial charge is 0.133 e. The van der Waals surface area contributed by atoms with Crippen LogP contribution < -0.4 is 0 Å². The van der Waals surface area contributed by atoms with Crippen molar-refractivity contribution >= 4 is 44.5 Å². The lowest BCUT2D eigenvalue weighted by Crippen LogP contribution is -2.15. The van der Waals surface area contributed by atoms with E-state index in [1.54, 1.807) is 37.4 Å². The Morgan fingerprint density at radius 3 is 2.79 bits per heavy atom. The summed E-state index contributed by atoms with van der Waals surface area (Å²) in [5.74, 6) is 0. The van der Waals surface area contributed by atoms with Gasteiger partial charge in [0.1, 0.15) is 10.6 Å². The molecule has 1 N–H and O–H groups in total. The molecule has 0 bridgehead atoms. The lowest BCUT2D eigenvalue weighted by atomic mass is 10.1. The van der Waals surface area contributed by atoms with Crippen LogP contribution in [0.4, 0.5) is 0 Å². The van der Waals surface area contributed by atoms with Gasteiger partial charge in [0.25, 0.3) is 0 Å². The molecule has 3 aromatic rings. The van der Waals surface area contributed by atoms with Gasteiger partial charge >= 0.3 is 0 Å². The fourth-order valence-electron chi connectivity index (χ4n) is 1.68.